The maximum Gasteiger partial charge on any atom is 0.169 e. The number of carbonyl (C=O) groups is 1. The van der Waals surface area contributed by atoms with Gasteiger partial charge in [-0.05, 0) is 18.9 Å². The topological polar surface area (TPSA) is 55.6 Å². The van der Waals surface area contributed by atoms with E-state index in [1.165, 1.54) is 70.6 Å². The maximum atomic E-state index is 12.6. The van der Waals surface area contributed by atoms with Crippen molar-refractivity contribution in [1.82, 2.24) is 4.90 Å². The van der Waals surface area contributed by atoms with Crippen LogP contribution in [0, 0.1) is 5.92 Å². The minimum Gasteiger partial charge on any atom is -0.376 e. The zero-order valence-corrected chi connectivity index (χ0v) is 19.1. The maximum absolute atomic E-state index is 12.6. The second-order valence-corrected chi connectivity index (χ2v) is 9.15. The molecule has 0 aliphatic carbocycles. The molecule has 28 heavy (non-hydrogen) atoms. The van der Waals surface area contributed by atoms with Crippen LogP contribution in [0.1, 0.15) is 111 Å². The minimum absolute atomic E-state index is 0.155. The third-order valence-electron chi connectivity index (χ3n) is 6.19. The Kier molecular flexibility index (Phi) is 14.1. The molecular formula is C24H48N2O2. The van der Waals surface area contributed by atoms with Crippen LogP contribution in [0.4, 0.5) is 0 Å². The number of nitrogens with two attached hydrogens (primary N) is 1. The highest BCUT2D eigenvalue weighted by Gasteiger charge is 2.41. The van der Waals surface area contributed by atoms with Crippen LogP contribution in [0.25, 0.3) is 0 Å². The Hall–Kier alpha value is -0.450. The number of Topliss-reactive ketones (excluding diaryl/α,β-unsaturated/α-hetero) is 1. The molecule has 1 aliphatic heterocycles. The number of nitrogens with zero attached hydrogens (tertiary/aromatic N) is 1. The number of hydrogen-bond donors (Lipinski definition) is 1. The molecular weight excluding hydrogens is 348 g/mol. The van der Waals surface area contributed by atoms with Crippen molar-refractivity contribution in [2.45, 2.75) is 116 Å². The Bertz CT molecular complexity index is 400. The normalized spacial score (nSPS) is 20.8. The average Bonchev–Trinajstić information content (AvgIpc) is 2.68. The first-order chi connectivity index (χ1) is 13.5. The summed E-state index contributed by atoms with van der Waals surface area (Å²) >= 11 is 0. The predicted octanol–water partition coefficient (Wildman–Crippen LogP) is 5.68. The molecule has 4 nitrogen and oxygen atoms in total. The van der Waals surface area contributed by atoms with Crippen molar-refractivity contribution in [2.24, 2.45) is 11.7 Å². The molecule has 1 rings (SSSR count). The molecule has 1 heterocycles. The second kappa shape index (κ2) is 15.4. The number of rotatable bonds is 17. The fraction of sp³-hybridized carbons (Fsp3) is 0.958. The van der Waals surface area contributed by atoms with Crippen molar-refractivity contribution in [3.8, 4) is 0 Å². The fourth-order valence-corrected chi connectivity index (χ4v) is 4.21. The molecule has 4 heteroatoms. The van der Waals surface area contributed by atoms with Crippen molar-refractivity contribution >= 4 is 5.78 Å². The Morgan fingerprint density at radius 1 is 0.929 bits per heavy atom. The average molecular weight is 397 g/mol. The van der Waals surface area contributed by atoms with Gasteiger partial charge in [0.1, 0.15) is 0 Å². The second-order valence-electron chi connectivity index (χ2n) is 9.15. The number of unbranched alkanes of at least 4 members (excludes halogenated alkanes) is 11. The molecule has 1 atom stereocenters. The van der Waals surface area contributed by atoms with Gasteiger partial charge in [-0.25, -0.2) is 0 Å². The number of morpholine rings is 1. The Labute approximate surface area is 175 Å². The Balaban J connectivity index is 1.92. The molecule has 0 aromatic carbocycles. The summed E-state index contributed by atoms with van der Waals surface area (Å²) in [6.45, 7) is 9.29. The van der Waals surface area contributed by atoms with Crippen LogP contribution in [0.5, 0.6) is 0 Å². The lowest BCUT2D eigenvalue weighted by atomic mass is 9.97. The summed E-state index contributed by atoms with van der Waals surface area (Å²) in [6.07, 6.45) is 17.8. The van der Waals surface area contributed by atoms with E-state index in [4.69, 9.17) is 10.5 Å². The summed E-state index contributed by atoms with van der Waals surface area (Å²) < 4.78 is 5.48. The SMILES string of the molecule is CCN1CCOCC1(N)C(=O)CCCCCCCCCCCCCCC(C)C. The standard InChI is InChI=1S/C24H48N2O2/c1-4-26-19-20-28-21-24(26,25)23(27)18-16-14-12-10-8-6-5-7-9-11-13-15-17-22(2)3/h22H,4-21,25H2,1-3H3. The summed E-state index contributed by atoms with van der Waals surface area (Å²) in [4.78, 5) is 14.6. The lowest BCUT2D eigenvalue weighted by molar-refractivity contribution is -0.143. The van der Waals surface area contributed by atoms with Crippen molar-refractivity contribution in [2.75, 3.05) is 26.3 Å². The van der Waals surface area contributed by atoms with Crippen molar-refractivity contribution < 1.29 is 9.53 Å². The highest BCUT2D eigenvalue weighted by atomic mass is 16.5. The van der Waals surface area contributed by atoms with Crippen molar-refractivity contribution in [1.29, 1.82) is 0 Å². The third kappa shape index (κ3) is 10.4. The quantitative estimate of drug-likeness (QED) is 0.321. The number of carbonyl (C=O) groups excluding carboxylic acids is 1. The van der Waals surface area contributed by atoms with E-state index in [2.05, 4.69) is 25.7 Å². The first kappa shape index (κ1) is 25.6. The van der Waals surface area contributed by atoms with Crippen LogP contribution in [-0.4, -0.2) is 42.6 Å². The van der Waals surface area contributed by atoms with Gasteiger partial charge >= 0.3 is 0 Å². The first-order valence-corrected chi connectivity index (χ1v) is 12.2. The minimum atomic E-state index is -0.887. The van der Waals surface area contributed by atoms with Gasteiger partial charge in [-0.15, -0.1) is 0 Å². The summed E-state index contributed by atoms with van der Waals surface area (Å²) in [6, 6.07) is 0. The zero-order chi connectivity index (χ0) is 20.7. The van der Waals surface area contributed by atoms with Crippen LogP contribution in [-0.2, 0) is 9.53 Å². The molecule has 1 fully saturated rings. The van der Waals surface area contributed by atoms with E-state index in [1.54, 1.807) is 0 Å². The summed E-state index contributed by atoms with van der Waals surface area (Å²) in [5.74, 6) is 1.02. The Morgan fingerprint density at radius 3 is 1.93 bits per heavy atom. The smallest absolute Gasteiger partial charge is 0.169 e. The van der Waals surface area contributed by atoms with Gasteiger partial charge in [-0.1, -0.05) is 97.8 Å². The lowest BCUT2D eigenvalue weighted by Gasteiger charge is -2.42. The van der Waals surface area contributed by atoms with Gasteiger partial charge < -0.3 is 10.5 Å². The van der Waals surface area contributed by atoms with Gasteiger partial charge in [-0.3, -0.25) is 9.69 Å². The summed E-state index contributed by atoms with van der Waals surface area (Å²) in [7, 11) is 0. The summed E-state index contributed by atoms with van der Waals surface area (Å²) in [5, 5.41) is 0. The van der Waals surface area contributed by atoms with Gasteiger partial charge in [-0.2, -0.15) is 0 Å². The van der Waals surface area contributed by atoms with Gasteiger partial charge in [0.25, 0.3) is 0 Å². The molecule has 1 aliphatic rings. The van der Waals surface area contributed by atoms with E-state index >= 15 is 0 Å². The van der Waals surface area contributed by atoms with E-state index in [-0.39, 0.29) is 5.78 Å². The lowest BCUT2D eigenvalue weighted by Crippen LogP contribution is -2.67. The molecule has 0 aromatic rings. The van der Waals surface area contributed by atoms with Gasteiger partial charge in [0.2, 0.25) is 0 Å². The van der Waals surface area contributed by atoms with Crippen molar-refractivity contribution in [3.63, 3.8) is 0 Å². The molecule has 2 N–H and O–H groups in total. The molecule has 1 unspecified atom stereocenters. The molecule has 0 amide bonds. The molecule has 0 saturated carbocycles. The molecule has 0 spiro atoms. The Morgan fingerprint density at radius 2 is 1.43 bits per heavy atom. The molecule has 166 valence electrons. The fourth-order valence-electron chi connectivity index (χ4n) is 4.21. The van der Waals surface area contributed by atoms with Crippen LogP contribution in [0.3, 0.4) is 0 Å². The van der Waals surface area contributed by atoms with Crippen LogP contribution < -0.4 is 5.73 Å². The zero-order valence-electron chi connectivity index (χ0n) is 19.1. The van der Waals surface area contributed by atoms with Crippen LogP contribution in [0.15, 0.2) is 0 Å². The predicted molar refractivity (Wildman–Crippen MR) is 119 cm³/mol. The molecule has 0 aromatic heterocycles. The number of likely N-dealkylation sites (N-methyl/N-ethyl adjacent to an activating group) is 1. The van der Waals surface area contributed by atoms with Crippen molar-refractivity contribution in [3.05, 3.63) is 0 Å². The van der Waals surface area contributed by atoms with Crippen LogP contribution >= 0.6 is 0 Å². The number of ether oxygens (including phenoxy) is 1. The summed E-state index contributed by atoms with van der Waals surface area (Å²) in [5.41, 5.74) is 5.48. The largest absolute Gasteiger partial charge is 0.376 e. The molecule has 0 bridgehead atoms. The molecule has 1 saturated heterocycles. The highest BCUT2D eigenvalue weighted by molar-refractivity contribution is 5.88. The molecule has 0 radical (unpaired) electrons. The van der Waals surface area contributed by atoms with E-state index < -0.39 is 5.66 Å². The van der Waals surface area contributed by atoms with Crippen LogP contribution in [0.2, 0.25) is 0 Å². The van der Waals surface area contributed by atoms with E-state index in [0.29, 0.717) is 19.6 Å². The number of ketones is 1. The van der Waals surface area contributed by atoms with Gasteiger partial charge in [0, 0.05) is 13.0 Å². The first-order valence-electron chi connectivity index (χ1n) is 12.2. The third-order valence-corrected chi connectivity index (χ3v) is 6.19. The van der Waals surface area contributed by atoms with E-state index in [9.17, 15) is 4.79 Å². The van der Waals surface area contributed by atoms with E-state index in [1.807, 2.05) is 0 Å². The van der Waals surface area contributed by atoms with Gasteiger partial charge in [0.05, 0.1) is 13.2 Å². The monoisotopic (exact) mass is 396 g/mol. The van der Waals surface area contributed by atoms with Gasteiger partial charge in [0.15, 0.2) is 11.4 Å². The van der Waals surface area contributed by atoms with E-state index in [0.717, 1.165) is 31.8 Å². The highest BCUT2D eigenvalue weighted by Crippen LogP contribution is 2.19. The number of hydrogen-bond acceptors (Lipinski definition) is 4.